The molecule has 3 aromatic rings. The molecule has 0 spiro atoms. The Hall–Kier alpha value is -2.60. The van der Waals surface area contributed by atoms with E-state index in [0.717, 1.165) is 27.0 Å². The lowest BCUT2D eigenvalue weighted by Gasteiger charge is -2.16. The van der Waals surface area contributed by atoms with Gasteiger partial charge in [-0.2, -0.15) is 0 Å². The van der Waals surface area contributed by atoms with Crippen LogP contribution in [-0.2, 0) is 0 Å². The number of allylic oxidation sites excluding steroid dienone is 1. The van der Waals surface area contributed by atoms with Crippen LogP contribution in [0.15, 0.2) is 37.4 Å². The van der Waals surface area contributed by atoms with Crippen molar-refractivity contribution in [3.05, 3.63) is 70.1 Å². The van der Waals surface area contributed by atoms with Gasteiger partial charge in [-0.15, -0.1) is 0 Å². The molecule has 0 radical (unpaired) electrons. The van der Waals surface area contributed by atoms with Crippen LogP contribution in [-0.4, -0.2) is 0 Å². The van der Waals surface area contributed by atoms with E-state index >= 15 is 0 Å². The zero-order chi connectivity index (χ0) is 16.9. The normalized spacial score (nSPS) is 10.6. The predicted octanol–water partition coefficient (Wildman–Crippen LogP) is 5.74. The third-order valence-corrected chi connectivity index (χ3v) is 4.77. The molecular formula is C24H26. The topological polar surface area (TPSA) is 0 Å². The lowest BCUT2D eigenvalue weighted by molar-refractivity contribution is 1.43. The van der Waals surface area contributed by atoms with Gasteiger partial charge in [-0.05, 0) is 75.0 Å². The molecule has 0 atom stereocenters. The molecule has 0 aliphatic rings. The van der Waals surface area contributed by atoms with Crippen molar-refractivity contribution in [3.8, 4) is 0 Å². The smallest absolute Gasteiger partial charge is 0.00274 e. The summed E-state index contributed by atoms with van der Waals surface area (Å²) in [5.41, 5.74) is 5.85. The maximum Gasteiger partial charge on any atom is -0.00274 e. The Bertz CT molecular complexity index is 1100. The molecule has 0 saturated heterocycles. The lowest BCUT2D eigenvalue weighted by Crippen LogP contribution is -2.25. The van der Waals surface area contributed by atoms with Crippen LogP contribution in [0.5, 0.6) is 0 Å². The molecule has 122 valence electrons. The fraction of sp³-hybridized carbons (Fsp3) is 0.167. The highest BCUT2D eigenvalue weighted by Crippen LogP contribution is 2.31. The zero-order valence-electron chi connectivity index (χ0n) is 14.2. The van der Waals surface area contributed by atoms with E-state index in [1.54, 1.807) is 0 Å². The van der Waals surface area contributed by atoms with Gasteiger partial charge in [0.15, 0.2) is 0 Å². The summed E-state index contributed by atoms with van der Waals surface area (Å²) in [5.74, 6) is 0. The summed E-state index contributed by atoms with van der Waals surface area (Å²) in [7, 11) is 0. The van der Waals surface area contributed by atoms with E-state index in [2.05, 4.69) is 71.4 Å². The maximum atomic E-state index is 4.35. The predicted molar refractivity (Wildman–Crippen MR) is 113 cm³/mol. The van der Waals surface area contributed by atoms with Gasteiger partial charge in [0.2, 0.25) is 0 Å². The molecule has 0 saturated carbocycles. The summed E-state index contributed by atoms with van der Waals surface area (Å²) in [6.45, 7) is 23.1. The van der Waals surface area contributed by atoms with Gasteiger partial charge >= 0.3 is 0 Å². The molecule has 3 rings (SSSR count). The van der Waals surface area contributed by atoms with Gasteiger partial charge in [0, 0.05) is 0 Å². The maximum absolute atomic E-state index is 4.35. The second-order valence-corrected chi connectivity index (χ2v) is 6.34. The molecule has 0 aromatic heterocycles. The van der Waals surface area contributed by atoms with E-state index < -0.39 is 0 Å². The molecule has 0 aliphatic carbocycles. The van der Waals surface area contributed by atoms with Crippen LogP contribution in [0, 0.1) is 13.8 Å². The van der Waals surface area contributed by atoms with Crippen molar-refractivity contribution in [1.29, 1.82) is 0 Å². The molecule has 24 heavy (non-hydrogen) atoms. The quantitative estimate of drug-likeness (QED) is 0.529. The lowest BCUT2D eigenvalue weighted by atomic mass is 9.88. The summed E-state index contributed by atoms with van der Waals surface area (Å²) in [5, 5.41) is 6.73. The Balaban J connectivity index is 0.00000208. The third-order valence-electron chi connectivity index (χ3n) is 4.77. The van der Waals surface area contributed by atoms with E-state index in [-0.39, 0.29) is 7.43 Å². The molecular weight excluding hydrogens is 288 g/mol. The molecule has 0 nitrogen and oxygen atoms in total. The first kappa shape index (κ1) is 17.7. The number of hydrogen-bond donors (Lipinski definition) is 0. The van der Waals surface area contributed by atoms with Crippen LogP contribution in [0.25, 0.3) is 46.4 Å². The first-order valence-electron chi connectivity index (χ1n) is 7.83. The van der Waals surface area contributed by atoms with Gasteiger partial charge < -0.3 is 0 Å². The Morgan fingerprint density at radius 2 is 1.38 bits per heavy atom. The van der Waals surface area contributed by atoms with Crippen LogP contribution in [0.3, 0.4) is 0 Å². The Kier molecular flexibility index (Phi) is 4.53. The number of benzene rings is 3. The molecule has 0 fully saturated rings. The van der Waals surface area contributed by atoms with E-state index in [1.807, 2.05) is 6.08 Å². The fourth-order valence-corrected chi connectivity index (χ4v) is 3.63. The van der Waals surface area contributed by atoms with Gasteiger partial charge in [0.25, 0.3) is 0 Å². The van der Waals surface area contributed by atoms with Crippen LogP contribution in [0.2, 0.25) is 0 Å². The number of rotatable bonds is 2. The van der Waals surface area contributed by atoms with Crippen LogP contribution in [0.1, 0.15) is 36.6 Å². The van der Waals surface area contributed by atoms with Gasteiger partial charge in [0.05, 0.1) is 0 Å². The molecule has 0 bridgehead atoms. The summed E-state index contributed by atoms with van der Waals surface area (Å²) < 4.78 is 0. The van der Waals surface area contributed by atoms with Gasteiger partial charge in [0.1, 0.15) is 0 Å². The molecule has 0 unspecified atom stereocenters. The summed E-state index contributed by atoms with van der Waals surface area (Å²) in [6.07, 6.45) is 1.92. The van der Waals surface area contributed by atoms with Crippen molar-refractivity contribution in [2.24, 2.45) is 0 Å². The molecule has 0 N–H and O–H groups in total. The highest BCUT2D eigenvalue weighted by molar-refractivity contribution is 6.13. The Morgan fingerprint density at radius 1 is 0.875 bits per heavy atom. The van der Waals surface area contributed by atoms with Crippen molar-refractivity contribution >= 4 is 46.4 Å². The molecule has 0 amide bonds. The van der Waals surface area contributed by atoms with E-state index in [4.69, 9.17) is 0 Å². The largest absolute Gasteiger partial charge is 0.0984 e. The summed E-state index contributed by atoms with van der Waals surface area (Å²) in [4.78, 5) is 0. The number of aryl methyl sites for hydroxylation is 2. The SMILES string of the molecule is C.C=Cc1c(C)ccc2c1c(=C)c(=C)c1c(C(=C)C)c(C)ccc12. The Labute approximate surface area is 145 Å². The van der Waals surface area contributed by atoms with Crippen molar-refractivity contribution in [2.75, 3.05) is 0 Å². The first-order chi connectivity index (χ1) is 10.9. The average Bonchev–Trinajstić information content (AvgIpc) is 2.51. The number of fused-ring (bicyclic) bond motifs is 3. The highest BCUT2D eigenvalue weighted by Gasteiger charge is 2.13. The standard InChI is InChI=1S/C23H22.CH4/c1-8-18-14(4)9-11-19-20-12-10-15(5)21(13(2)3)23(20)17(7)16(6)22(18)19;/h8-12H,1-2,6-7H2,3-5H3;1H4. The Morgan fingerprint density at radius 3 is 1.92 bits per heavy atom. The molecule has 0 aliphatic heterocycles. The molecule has 0 heteroatoms. The minimum absolute atomic E-state index is 0. The van der Waals surface area contributed by atoms with Crippen LogP contribution in [0.4, 0.5) is 0 Å². The minimum Gasteiger partial charge on any atom is -0.0984 e. The minimum atomic E-state index is 0. The second kappa shape index (κ2) is 6.13. The van der Waals surface area contributed by atoms with Gasteiger partial charge in [-0.25, -0.2) is 0 Å². The van der Waals surface area contributed by atoms with Crippen molar-refractivity contribution in [2.45, 2.75) is 28.2 Å². The van der Waals surface area contributed by atoms with Crippen molar-refractivity contribution in [3.63, 3.8) is 0 Å². The average molecular weight is 314 g/mol. The molecule has 3 aromatic carbocycles. The number of hydrogen-bond acceptors (Lipinski definition) is 0. The van der Waals surface area contributed by atoms with E-state index in [1.165, 1.54) is 32.8 Å². The second-order valence-electron chi connectivity index (χ2n) is 6.34. The van der Waals surface area contributed by atoms with E-state index in [0.29, 0.717) is 0 Å². The third kappa shape index (κ3) is 2.30. The van der Waals surface area contributed by atoms with E-state index in [9.17, 15) is 0 Å². The van der Waals surface area contributed by atoms with Crippen LogP contribution < -0.4 is 10.4 Å². The zero-order valence-corrected chi connectivity index (χ0v) is 14.2. The summed E-state index contributed by atoms with van der Waals surface area (Å²) >= 11 is 0. The van der Waals surface area contributed by atoms with Gasteiger partial charge in [-0.1, -0.05) is 69.7 Å². The highest BCUT2D eigenvalue weighted by atomic mass is 14.2. The van der Waals surface area contributed by atoms with Crippen molar-refractivity contribution < 1.29 is 0 Å². The first-order valence-corrected chi connectivity index (χ1v) is 7.83. The van der Waals surface area contributed by atoms with Crippen LogP contribution >= 0.6 is 0 Å². The summed E-state index contributed by atoms with van der Waals surface area (Å²) in [6, 6.07) is 8.70. The van der Waals surface area contributed by atoms with Crippen molar-refractivity contribution in [1.82, 2.24) is 0 Å². The molecule has 0 heterocycles. The monoisotopic (exact) mass is 314 g/mol. The fourth-order valence-electron chi connectivity index (χ4n) is 3.63. The van der Waals surface area contributed by atoms with Gasteiger partial charge in [-0.3, -0.25) is 0 Å².